The van der Waals surface area contributed by atoms with E-state index >= 15 is 0 Å². The van der Waals surface area contributed by atoms with E-state index in [1.54, 1.807) is 11.3 Å². The van der Waals surface area contributed by atoms with Crippen LogP contribution in [0.1, 0.15) is 15.6 Å². The van der Waals surface area contributed by atoms with Gasteiger partial charge in [-0.2, -0.15) is 0 Å². The molecule has 0 aliphatic heterocycles. The molecule has 0 amide bonds. The minimum atomic E-state index is 0.523. The van der Waals surface area contributed by atoms with E-state index in [9.17, 15) is 0 Å². The zero-order chi connectivity index (χ0) is 14.3. The third-order valence-corrected chi connectivity index (χ3v) is 4.52. The van der Waals surface area contributed by atoms with Gasteiger partial charge < -0.3 is 15.6 Å². The van der Waals surface area contributed by atoms with Crippen molar-refractivity contribution in [2.45, 2.75) is 20.4 Å². The summed E-state index contributed by atoms with van der Waals surface area (Å²) in [7, 11) is 1.92. The van der Waals surface area contributed by atoms with Crippen LogP contribution in [-0.4, -0.2) is 14.5 Å². The molecule has 0 saturated carbocycles. The predicted octanol–water partition coefficient (Wildman–Crippen LogP) is 2.84. The summed E-state index contributed by atoms with van der Waals surface area (Å²) in [6, 6.07) is 6.04. The highest BCUT2D eigenvalue weighted by Gasteiger charge is 2.09. The van der Waals surface area contributed by atoms with Crippen LogP contribution < -0.4 is 11.1 Å². The summed E-state index contributed by atoms with van der Waals surface area (Å²) in [5.74, 6) is 0.523. The predicted molar refractivity (Wildman–Crippen MR) is 84.0 cm³/mol. The number of nitrogens with one attached hydrogen (secondary N) is 1. The summed E-state index contributed by atoms with van der Waals surface area (Å²) in [5.41, 5.74) is 9.88. The van der Waals surface area contributed by atoms with Crippen LogP contribution >= 0.6 is 11.3 Å². The number of hydrogen-bond donors (Lipinski definition) is 2. The van der Waals surface area contributed by atoms with E-state index in [4.69, 9.17) is 5.73 Å². The molecule has 0 saturated heterocycles. The Morgan fingerprint density at radius 3 is 2.80 bits per heavy atom. The Morgan fingerprint density at radius 2 is 2.10 bits per heavy atom. The first kappa shape index (κ1) is 12.9. The Morgan fingerprint density at radius 1 is 1.30 bits per heavy atom. The first-order valence-corrected chi connectivity index (χ1v) is 7.25. The average Bonchev–Trinajstić information content (AvgIpc) is 2.89. The van der Waals surface area contributed by atoms with Gasteiger partial charge in [-0.05, 0) is 26.0 Å². The Kier molecular flexibility index (Phi) is 3.10. The van der Waals surface area contributed by atoms with Crippen molar-refractivity contribution in [2.24, 2.45) is 7.05 Å². The second kappa shape index (κ2) is 4.79. The standard InChI is InChI=1S/C14H17N5S/c1-8-9(2)20-12(17-8)7-16-10-5-4-6-11-13(10)18-14(15)19(11)3/h4-6,16H,7H2,1-3H3,(H2,15,18). The fourth-order valence-corrected chi connectivity index (χ4v) is 3.03. The number of nitrogens with zero attached hydrogens (tertiary/aromatic N) is 3. The lowest BCUT2D eigenvalue weighted by Crippen LogP contribution is -1.99. The second-order valence-electron chi connectivity index (χ2n) is 4.81. The molecule has 3 aromatic rings. The van der Waals surface area contributed by atoms with Crippen LogP contribution in [0.2, 0.25) is 0 Å². The van der Waals surface area contributed by atoms with Gasteiger partial charge in [0.1, 0.15) is 10.5 Å². The van der Waals surface area contributed by atoms with Gasteiger partial charge in [-0.1, -0.05) is 6.07 Å². The Balaban J connectivity index is 1.89. The number of para-hydroxylation sites is 1. The monoisotopic (exact) mass is 287 g/mol. The number of anilines is 2. The summed E-state index contributed by atoms with van der Waals surface area (Å²) in [6.07, 6.45) is 0. The molecule has 2 aromatic heterocycles. The number of thiazole rings is 1. The number of hydrogen-bond acceptors (Lipinski definition) is 5. The van der Waals surface area contributed by atoms with Crippen molar-refractivity contribution in [3.63, 3.8) is 0 Å². The van der Waals surface area contributed by atoms with Gasteiger partial charge in [-0.25, -0.2) is 9.97 Å². The zero-order valence-electron chi connectivity index (χ0n) is 11.8. The lowest BCUT2D eigenvalue weighted by atomic mass is 10.2. The van der Waals surface area contributed by atoms with Crippen LogP contribution in [0.5, 0.6) is 0 Å². The highest BCUT2D eigenvalue weighted by molar-refractivity contribution is 7.11. The van der Waals surface area contributed by atoms with Crippen LogP contribution in [0.25, 0.3) is 11.0 Å². The molecule has 0 aliphatic carbocycles. The molecule has 3 N–H and O–H groups in total. The summed E-state index contributed by atoms with van der Waals surface area (Å²) in [6.45, 7) is 4.83. The SMILES string of the molecule is Cc1nc(CNc2cccc3c2nc(N)n3C)sc1C. The van der Waals surface area contributed by atoms with E-state index in [0.29, 0.717) is 12.5 Å². The van der Waals surface area contributed by atoms with Crippen molar-refractivity contribution in [2.75, 3.05) is 11.1 Å². The third-order valence-electron chi connectivity index (χ3n) is 3.45. The van der Waals surface area contributed by atoms with E-state index in [1.807, 2.05) is 36.7 Å². The summed E-state index contributed by atoms with van der Waals surface area (Å²) < 4.78 is 1.89. The number of benzene rings is 1. The maximum Gasteiger partial charge on any atom is 0.201 e. The summed E-state index contributed by atoms with van der Waals surface area (Å²) >= 11 is 1.72. The number of imidazole rings is 1. The number of rotatable bonds is 3. The van der Waals surface area contributed by atoms with Gasteiger partial charge in [0.25, 0.3) is 0 Å². The highest BCUT2D eigenvalue weighted by Crippen LogP contribution is 2.25. The van der Waals surface area contributed by atoms with Crippen LogP contribution in [-0.2, 0) is 13.6 Å². The van der Waals surface area contributed by atoms with Crippen molar-refractivity contribution >= 4 is 34.0 Å². The molecule has 0 bridgehead atoms. The molecular formula is C14H17N5S. The molecule has 0 unspecified atom stereocenters. The number of fused-ring (bicyclic) bond motifs is 1. The Hall–Kier alpha value is -2.08. The Bertz CT molecular complexity index is 752. The van der Waals surface area contributed by atoms with Crippen LogP contribution in [0, 0.1) is 13.8 Å². The first-order chi connectivity index (χ1) is 9.56. The Labute approximate surface area is 121 Å². The fraction of sp³-hybridized carbons (Fsp3) is 0.286. The fourth-order valence-electron chi connectivity index (χ4n) is 2.16. The molecule has 1 aromatic carbocycles. The maximum absolute atomic E-state index is 5.87. The molecule has 20 heavy (non-hydrogen) atoms. The van der Waals surface area contributed by atoms with E-state index in [2.05, 4.69) is 22.2 Å². The topological polar surface area (TPSA) is 68.8 Å². The number of aryl methyl sites for hydroxylation is 3. The summed E-state index contributed by atoms with van der Waals surface area (Å²) in [5, 5.41) is 4.49. The van der Waals surface area contributed by atoms with Crippen LogP contribution in [0.4, 0.5) is 11.6 Å². The average molecular weight is 287 g/mol. The molecule has 0 spiro atoms. The smallest absolute Gasteiger partial charge is 0.201 e. The van der Waals surface area contributed by atoms with E-state index in [-0.39, 0.29) is 0 Å². The third kappa shape index (κ3) is 2.12. The zero-order valence-corrected chi connectivity index (χ0v) is 12.6. The molecule has 0 radical (unpaired) electrons. The van der Waals surface area contributed by atoms with Crippen molar-refractivity contribution < 1.29 is 0 Å². The largest absolute Gasteiger partial charge is 0.377 e. The highest BCUT2D eigenvalue weighted by atomic mass is 32.1. The minimum Gasteiger partial charge on any atom is -0.377 e. The number of nitrogens with two attached hydrogens (primary N) is 1. The number of nitrogen functional groups attached to an aromatic ring is 1. The van der Waals surface area contributed by atoms with Crippen molar-refractivity contribution in [3.8, 4) is 0 Å². The molecule has 3 rings (SSSR count). The van der Waals surface area contributed by atoms with Gasteiger partial charge in [0.05, 0.1) is 23.4 Å². The molecular weight excluding hydrogens is 270 g/mol. The van der Waals surface area contributed by atoms with Crippen LogP contribution in [0.15, 0.2) is 18.2 Å². The van der Waals surface area contributed by atoms with Gasteiger partial charge in [-0.3, -0.25) is 0 Å². The number of aromatic nitrogens is 3. The lowest BCUT2D eigenvalue weighted by molar-refractivity contribution is 0.965. The van der Waals surface area contributed by atoms with Crippen molar-refractivity contribution in [3.05, 3.63) is 33.8 Å². The normalized spacial score (nSPS) is 11.2. The van der Waals surface area contributed by atoms with Gasteiger partial charge in [0, 0.05) is 11.9 Å². The first-order valence-electron chi connectivity index (χ1n) is 6.44. The molecule has 2 heterocycles. The molecule has 6 heteroatoms. The van der Waals surface area contributed by atoms with E-state index in [1.165, 1.54) is 4.88 Å². The van der Waals surface area contributed by atoms with Gasteiger partial charge in [0.2, 0.25) is 5.95 Å². The quantitative estimate of drug-likeness (QED) is 0.777. The van der Waals surface area contributed by atoms with Crippen LogP contribution in [0.3, 0.4) is 0 Å². The molecule has 0 aliphatic rings. The maximum atomic E-state index is 5.87. The van der Waals surface area contributed by atoms with Gasteiger partial charge in [-0.15, -0.1) is 11.3 Å². The minimum absolute atomic E-state index is 0.523. The molecule has 5 nitrogen and oxygen atoms in total. The molecule has 0 fully saturated rings. The lowest BCUT2D eigenvalue weighted by Gasteiger charge is -2.05. The van der Waals surface area contributed by atoms with Crippen molar-refractivity contribution in [1.29, 1.82) is 0 Å². The van der Waals surface area contributed by atoms with E-state index in [0.717, 1.165) is 27.4 Å². The van der Waals surface area contributed by atoms with Gasteiger partial charge in [0.15, 0.2) is 0 Å². The molecule has 104 valence electrons. The molecule has 0 atom stereocenters. The van der Waals surface area contributed by atoms with Crippen molar-refractivity contribution in [1.82, 2.24) is 14.5 Å². The van der Waals surface area contributed by atoms with E-state index < -0.39 is 0 Å². The van der Waals surface area contributed by atoms with Gasteiger partial charge >= 0.3 is 0 Å². The second-order valence-corrected chi connectivity index (χ2v) is 6.09. The summed E-state index contributed by atoms with van der Waals surface area (Å²) in [4.78, 5) is 10.2.